The van der Waals surface area contributed by atoms with Crippen molar-refractivity contribution < 1.29 is 13.2 Å². The number of nitrogens with zero attached hydrogens (tertiary/aromatic N) is 1. The predicted octanol–water partition coefficient (Wildman–Crippen LogP) is 4.24. The Balaban J connectivity index is 1.63. The predicted molar refractivity (Wildman–Crippen MR) is 120 cm³/mol. The number of sulfonamides is 1. The molecule has 0 aliphatic carbocycles. The maximum Gasteiger partial charge on any atom is 0.243 e. The van der Waals surface area contributed by atoms with Gasteiger partial charge in [0.25, 0.3) is 0 Å². The molecule has 162 valence electrons. The first-order valence-corrected chi connectivity index (χ1v) is 12.3. The maximum atomic E-state index is 13.2. The van der Waals surface area contributed by atoms with Gasteiger partial charge in [-0.15, -0.1) is 0 Å². The van der Waals surface area contributed by atoms with Crippen LogP contribution in [0, 0.1) is 6.92 Å². The van der Waals surface area contributed by atoms with E-state index in [0.29, 0.717) is 24.4 Å². The van der Waals surface area contributed by atoms with Crippen LogP contribution in [0.5, 0.6) is 0 Å². The fraction of sp³-hybridized carbons (Fsp3) is 0.458. The van der Waals surface area contributed by atoms with Crippen molar-refractivity contribution in [1.82, 2.24) is 9.62 Å². The third-order valence-electron chi connectivity index (χ3n) is 5.90. The topological polar surface area (TPSA) is 66.5 Å². The molecule has 0 saturated carbocycles. The van der Waals surface area contributed by atoms with Crippen LogP contribution in [-0.2, 0) is 14.8 Å². The van der Waals surface area contributed by atoms with Crippen molar-refractivity contribution in [3.8, 4) is 0 Å². The minimum atomic E-state index is -3.52. The summed E-state index contributed by atoms with van der Waals surface area (Å²) in [5.74, 6) is -0.169. The van der Waals surface area contributed by atoms with Crippen molar-refractivity contribution in [1.29, 1.82) is 0 Å². The highest BCUT2D eigenvalue weighted by molar-refractivity contribution is 7.89. The van der Waals surface area contributed by atoms with Gasteiger partial charge in [0.1, 0.15) is 0 Å². The molecule has 0 aromatic heterocycles. The molecule has 1 N–H and O–H groups in total. The summed E-state index contributed by atoms with van der Waals surface area (Å²) in [6.07, 6.45) is 4.08. The molecule has 6 heteroatoms. The summed E-state index contributed by atoms with van der Waals surface area (Å²) in [5, 5.41) is 3.04. The van der Waals surface area contributed by atoms with E-state index in [1.165, 1.54) is 0 Å². The van der Waals surface area contributed by atoms with Gasteiger partial charge >= 0.3 is 0 Å². The van der Waals surface area contributed by atoms with Crippen molar-refractivity contribution in [3.05, 3.63) is 65.7 Å². The van der Waals surface area contributed by atoms with Crippen molar-refractivity contribution in [2.75, 3.05) is 13.1 Å². The first-order valence-electron chi connectivity index (χ1n) is 10.8. The Morgan fingerprint density at radius 2 is 1.80 bits per heavy atom. The summed E-state index contributed by atoms with van der Waals surface area (Å²) in [5.41, 5.74) is 2.05. The smallest absolute Gasteiger partial charge is 0.243 e. The molecule has 0 bridgehead atoms. The first kappa shape index (κ1) is 22.5. The standard InChI is InChI=1S/C24H32N2O3S/c1-3-23(20-9-5-4-6-10-20)24(27)25-17-16-21-11-7-8-18-26(21)30(28,29)22-14-12-19(2)13-15-22/h4-6,9-10,12-15,21,23H,3,7-8,11,16-18H2,1-2H3,(H,25,27). The molecule has 1 fully saturated rings. The molecule has 1 amide bonds. The van der Waals surface area contributed by atoms with Gasteiger partial charge < -0.3 is 5.32 Å². The molecule has 0 spiro atoms. The van der Waals surface area contributed by atoms with Crippen molar-refractivity contribution in [2.24, 2.45) is 0 Å². The van der Waals surface area contributed by atoms with Crippen LogP contribution in [0.2, 0.25) is 0 Å². The molecule has 30 heavy (non-hydrogen) atoms. The normalized spacial score (nSPS) is 18.7. The van der Waals surface area contributed by atoms with Gasteiger partial charge in [-0.2, -0.15) is 4.31 Å². The summed E-state index contributed by atoms with van der Waals surface area (Å²) in [7, 11) is -3.52. The fourth-order valence-electron chi connectivity index (χ4n) is 4.17. The number of aryl methyl sites for hydroxylation is 1. The highest BCUT2D eigenvalue weighted by Crippen LogP contribution is 2.27. The molecule has 1 saturated heterocycles. The molecule has 1 heterocycles. The number of carbonyl (C=O) groups excluding carboxylic acids is 1. The molecular formula is C24H32N2O3S. The maximum absolute atomic E-state index is 13.2. The summed E-state index contributed by atoms with van der Waals surface area (Å²) < 4.78 is 28.0. The van der Waals surface area contributed by atoms with Gasteiger partial charge in [0, 0.05) is 19.1 Å². The third kappa shape index (κ3) is 5.29. The van der Waals surface area contributed by atoms with E-state index >= 15 is 0 Å². The highest BCUT2D eigenvalue weighted by atomic mass is 32.2. The Hall–Kier alpha value is -2.18. The van der Waals surface area contributed by atoms with E-state index in [9.17, 15) is 13.2 Å². The Morgan fingerprint density at radius 1 is 1.10 bits per heavy atom. The number of hydrogen-bond donors (Lipinski definition) is 1. The Morgan fingerprint density at radius 3 is 2.47 bits per heavy atom. The third-order valence-corrected chi connectivity index (χ3v) is 7.87. The van der Waals surface area contributed by atoms with E-state index in [2.05, 4.69) is 5.32 Å². The minimum absolute atomic E-state index is 0.00690. The second-order valence-electron chi connectivity index (χ2n) is 8.03. The van der Waals surface area contributed by atoms with Crippen LogP contribution < -0.4 is 5.32 Å². The molecule has 3 rings (SSSR count). The quantitative estimate of drug-likeness (QED) is 0.684. The number of piperidine rings is 1. The minimum Gasteiger partial charge on any atom is -0.356 e. The lowest BCUT2D eigenvalue weighted by Gasteiger charge is -2.35. The molecule has 2 atom stereocenters. The molecule has 1 aliphatic rings. The van der Waals surface area contributed by atoms with E-state index in [1.54, 1.807) is 16.4 Å². The van der Waals surface area contributed by atoms with Gasteiger partial charge in [0.15, 0.2) is 0 Å². The number of carbonyl (C=O) groups is 1. The number of nitrogens with one attached hydrogen (secondary N) is 1. The Kier molecular flexibility index (Phi) is 7.67. The molecule has 2 unspecified atom stereocenters. The lowest BCUT2D eigenvalue weighted by atomic mass is 9.95. The largest absolute Gasteiger partial charge is 0.356 e. The average Bonchev–Trinajstić information content (AvgIpc) is 2.75. The molecule has 2 aromatic carbocycles. The molecule has 5 nitrogen and oxygen atoms in total. The number of benzene rings is 2. The fourth-order valence-corrected chi connectivity index (χ4v) is 5.89. The van der Waals surface area contributed by atoms with Crippen LogP contribution in [-0.4, -0.2) is 37.8 Å². The van der Waals surface area contributed by atoms with Gasteiger partial charge in [0.2, 0.25) is 15.9 Å². The summed E-state index contributed by atoms with van der Waals surface area (Å²) in [6, 6.07) is 16.7. The molecule has 2 aromatic rings. The van der Waals surface area contributed by atoms with Gasteiger partial charge in [-0.3, -0.25) is 4.79 Å². The van der Waals surface area contributed by atoms with Crippen molar-refractivity contribution >= 4 is 15.9 Å². The molecular weight excluding hydrogens is 396 g/mol. The SMILES string of the molecule is CCC(C(=O)NCCC1CCCCN1S(=O)(=O)c1ccc(C)cc1)c1ccccc1. The zero-order valence-corrected chi connectivity index (χ0v) is 18.7. The van der Waals surface area contributed by atoms with E-state index in [-0.39, 0.29) is 17.9 Å². The number of rotatable bonds is 8. The van der Waals surface area contributed by atoms with Gasteiger partial charge in [0.05, 0.1) is 10.8 Å². The molecule has 1 aliphatic heterocycles. The zero-order chi connectivity index (χ0) is 21.6. The molecule has 0 radical (unpaired) electrons. The number of hydrogen-bond acceptors (Lipinski definition) is 3. The van der Waals surface area contributed by atoms with E-state index < -0.39 is 10.0 Å². The van der Waals surface area contributed by atoms with E-state index in [4.69, 9.17) is 0 Å². The average molecular weight is 429 g/mol. The second-order valence-corrected chi connectivity index (χ2v) is 9.92. The lowest BCUT2D eigenvalue weighted by molar-refractivity contribution is -0.122. The van der Waals surface area contributed by atoms with E-state index in [0.717, 1.165) is 36.8 Å². The highest BCUT2D eigenvalue weighted by Gasteiger charge is 2.33. The number of amides is 1. The van der Waals surface area contributed by atoms with Gasteiger partial charge in [-0.25, -0.2) is 8.42 Å². The van der Waals surface area contributed by atoms with Crippen molar-refractivity contribution in [3.63, 3.8) is 0 Å². The van der Waals surface area contributed by atoms with Crippen LogP contribution in [0.4, 0.5) is 0 Å². The van der Waals surface area contributed by atoms with Crippen LogP contribution >= 0.6 is 0 Å². The van der Waals surface area contributed by atoms with Crippen molar-refractivity contribution in [2.45, 2.75) is 62.8 Å². The van der Waals surface area contributed by atoms with Gasteiger partial charge in [-0.1, -0.05) is 61.4 Å². The van der Waals surface area contributed by atoms with Gasteiger partial charge in [-0.05, 0) is 50.3 Å². The summed E-state index contributed by atoms with van der Waals surface area (Å²) in [4.78, 5) is 13.1. The van der Waals surface area contributed by atoms with Crippen LogP contribution in [0.3, 0.4) is 0 Å². The Labute approximate surface area is 180 Å². The van der Waals surface area contributed by atoms with E-state index in [1.807, 2.05) is 56.3 Å². The summed E-state index contributed by atoms with van der Waals surface area (Å²) >= 11 is 0. The van der Waals surface area contributed by atoms with Crippen LogP contribution in [0.15, 0.2) is 59.5 Å². The van der Waals surface area contributed by atoms with Crippen LogP contribution in [0.25, 0.3) is 0 Å². The monoisotopic (exact) mass is 428 g/mol. The second kappa shape index (κ2) is 10.2. The summed E-state index contributed by atoms with van der Waals surface area (Å²) in [6.45, 7) is 4.97. The zero-order valence-electron chi connectivity index (χ0n) is 17.9. The Bertz CT molecular complexity index is 927. The first-order chi connectivity index (χ1) is 14.4. The van der Waals surface area contributed by atoms with Crippen LogP contribution in [0.1, 0.15) is 56.1 Å². The lowest BCUT2D eigenvalue weighted by Crippen LogP contribution is -2.45.